The number of aromatic nitrogens is 2. The van der Waals surface area contributed by atoms with E-state index >= 15 is 0 Å². The number of benzene rings is 1. The predicted molar refractivity (Wildman–Crippen MR) is 78.6 cm³/mol. The van der Waals surface area contributed by atoms with Crippen molar-refractivity contribution in [3.05, 3.63) is 36.7 Å². The van der Waals surface area contributed by atoms with Crippen LogP contribution in [0.25, 0.3) is 0 Å². The van der Waals surface area contributed by atoms with Crippen molar-refractivity contribution >= 4 is 23.4 Å². The highest BCUT2D eigenvalue weighted by Crippen LogP contribution is 2.21. The zero-order valence-electron chi connectivity index (χ0n) is 10.9. The fourth-order valence-corrected chi connectivity index (χ4v) is 2.23. The van der Waals surface area contributed by atoms with Gasteiger partial charge in [0.2, 0.25) is 5.95 Å². The van der Waals surface area contributed by atoms with Crippen molar-refractivity contribution in [2.24, 2.45) is 0 Å². The van der Waals surface area contributed by atoms with Gasteiger partial charge in [0.15, 0.2) is 0 Å². The summed E-state index contributed by atoms with van der Waals surface area (Å²) in [6.07, 6.45) is 8.32. The highest BCUT2D eigenvalue weighted by atomic mass is 32.2. The van der Waals surface area contributed by atoms with Crippen LogP contribution in [-0.4, -0.2) is 15.8 Å². The molecule has 0 bridgehead atoms. The number of imidazole rings is 1. The summed E-state index contributed by atoms with van der Waals surface area (Å²) in [6.45, 7) is 3.22. The van der Waals surface area contributed by atoms with Crippen molar-refractivity contribution < 1.29 is 0 Å². The zero-order valence-corrected chi connectivity index (χ0v) is 11.7. The maximum Gasteiger partial charge on any atom is 0.207 e. The fraction of sp³-hybridized carbons (Fsp3) is 0.357. The summed E-state index contributed by atoms with van der Waals surface area (Å²) >= 11 is 1.75. The van der Waals surface area contributed by atoms with Crippen LogP contribution in [0.4, 0.5) is 11.6 Å². The molecule has 96 valence electrons. The zero-order chi connectivity index (χ0) is 12.8. The summed E-state index contributed by atoms with van der Waals surface area (Å²) in [5.41, 5.74) is 1.09. The molecule has 0 spiro atoms. The van der Waals surface area contributed by atoms with Crippen LogP contribution in [0.3, 0.4) is 0 Å². The van der Waals surface area contributed by atoms with Crippen LogP contribution in [0.15, 0.2) is 41.6 Å². The van der Waals surface area contributed by atoms with E-state index in [2.05, 4.69) is 52.3 Å². The molecule has 3 nitrogen and oxygen atoms in total. The number of nitrogens with one attached hydrogen (secondary N) is 1. The highest BCUT2D eigenvalue weighted by Gasteiger charge is 2.03. The van der Waals surface area contributed by atoms with E-state index in [1.807, 2.05) is 12.4 Å². The van der Waals surface area contributed by atoms with Crippen LogP contribution < -0.4 is 5.32 Å². The number of rotatable bonds is 6. The first-order chi connectivity index (χ1) is 8.83. The molecule has 2 aromatic rings. The minimum Gasteiger partial charge on any atom is -0.326 e. The molecule has 1 aromatic carbocycles. The maximum atomic E-state index is 4.36. The van der Waals surface area contributed by atoms with Gasteiger partial charge in [0.1, 0.15) is 0 Å². The number of unbranched alkanes of at least 4 members (excludes halogenated alkanes) is 1. The van der Waals surface area contributed by atoms with Gasteiger partial charge in [-0.15, -0.1) is 11.8 Å². The van der Waals surface area contributed by atoms with Crippen molar-refractivity contribution in [3.8, 4) is 0 Å². The molecule has 0 saturated heterocycles. The molecule has 0 unspecified atom stereocenters. The largest absolute Gasteiger partial charge is 0.326 e. The first-order valence-corrected chi connectivity index (χ1v) is 7.48. The molecule has 0 aliphatic heterocycles. The number of hydrogen-bond donors (Lipinski definition) is 1. The van der Waals surface area contributed by atoms with Crippen molar-refractivity contribution in [3.63, 3.8) is 0 Å². The van der Waals surface area contributed by atoms with Crippen LogP contribution >= 0.6 is 11.8 Å². The summed E-state index contributed by atoms with van der Waals surface area (Å²) in [7, 11) is 0. The van der Waals surface area contributed by atoms with Gasteiger partial charge in [-0.25, -0.2) is 4.98 Å². The standard InChI is InChI=1S/C14H19N3S/c1-3-4-9-17-10-8-15-14(17)16-12-6-5-7-13(11-12)18-2/h5-8,10-11H,3-4,9H2,1-2H3,(H,15,16). The van der Waals surface area contributed by atoms with Gasteiger partial charge in [0.25, 0.3) is 0 Å². The van der Waals surface area contributed by atoms with Gasteiger partial charge in [0.05, 0.1) is 0 Å². The molecule has 18 heavy (non-hydrogen) atoms. The minimum atomic E-state index is 0.918. The molecule has 2 rings (SSSR count). The summed E-state index contributed by atoms with van der Waals surface area (Å²) in [4.78, 5) is 5.62. The Kier molecular flexibility index (Phi) is 4.70. The van der Waals surface area contributed by atoms with Crippen LogP contribution in [0.5, 0.6) is 0 Å². The first kappa shape index (κ1) is 13.0. The molecule has 0 aliphatic rings. The summed E-state index contributed by atoms with van der Waals surface area (Å²) in [5, 5.41) is 3.37. The van der Waals surface area contributed by atoms with Crippen LogP contribution in [0.1, 0.15) is 19.8 Å². The summed E-state index contributed by atoms with van der Waals surface area (Å²) in [6, 6.07) is 8.38. The molecule has 1 N–H and O–H groups in total. The molecule has 1 heterocycles. The Hall–Kier alpha value is -1.42. The van der Waals surface area contributed by atoms with Gasteiger partial charge in [-0.3, -0.25) is 0 Å². The Labute approximate surface area is 113 Å². The molecule has 4 heteroatoms. The lowest BCUT2D eigenvalue weighted by Crippen LogP contribution is -2.03. The lowest BCUT2D eigenvalue weighted by Gasteiger charge is -2.10. The van der Waals surface area contributed by atoms with Crippen LogP contribution in [0.2, 0.25) is 0 Å². The molecule has 0 radical (unpaired) electrons. The lowest BCUT2D eigenvalue weighted by molar-refractivity contribution is 0.638. The van der Waals surface area contributed by atoms with Crippen LogP contribution in [-0.2, 0) is 6.54 Å². The number of nitrogens with zero attached hydrogens (tertiary/aromatic N) is 2. The smallest absolute Gasteiger partial charge is 0.207 e. The average Bonchev–Trinajstić information content (AvgIpc) is 2.84. The van der Waals surface area contributed by atoms with E-state index in [9.17, 15) is 0 Å². The summed E-state index contributed by atoms with van der Waals surface area (Å²) < 4.78 is 2.16. The molecular weight excluding hydrogens is 242 g/mol. The third-order valence-corrected chi connectivity index (χ3v) is 3.52. The molecule has 0 atom stereocenters. The highest BCUT2D eigenvalue weighted by molar-refractivity contribution is 7.98. The number of anilines is 2. The van der Waals surface area contributed by atoms with Gasteiger partial charge >= 0.3 is 0 Å². The Bertz CT molecular complexity index is 493. The maximum absolute atomic E-state index is 4.36. The third kappa shape index (κ3) is 3.29. The van der Waals surface area contributed by atoms with Crippen molar-refractivity contribution in [2.75, 3.05) is 11.6 Å². The SMILES string of the molecule is CCCCn1ccnc1Nc1cccc(SC)c1. The molecule has 0 aliphatic carbocycles. The topological polar surface area (TPSA) is 29.9 Å². The number of thioether (sulfide) groups is 1. The molecule has 0 saturated carbocycles. The van der Waals surface area contributed by atoms with Gasteiger partial charge < -0.3 is 9.88 Å². The van der Waals surface area contributed by atoms with E-state index in [-0.39, 0.29) is 0 Å². The monoisotopic (exact) mass is 261 g/mol. The average molecular weight is 261 g/mol. The fourth-order valence-electron chi connectivity index (χ4n) is 1.77. The van der Waals surface area contributed by atoms with Crippen LogP contribution in [0, 0.1) is 0 Å². The Morgan fingerprint density at radius 3 is 3.06 bits per heavy atom. The Morgan fingerprint density at radius 2 is 2.28 bits per heavy atom. The number of hydrogen-bond acceptors (Lipinski definition) is 3. The lowest BCUT2D eigenvalue weighted by atomic mass is 10.3. The van der Waals surface area contributed by atoms with E-state index < -0.39 is 0 Å². The van der Waals surface area contributed by atoms with E-state index in [0.29, 0.717) is 0 Å². The van der Waals surface area contributed by atoms with Gasteiger partial charge in [-0.1, -0.05) is 19.4 Å². The van der Waals surface area contributed by atoms with Crippen molar-refractivity contribution in [1.82, 2.24) is 9.55 Å². The normalized spacial score (nSPS) is 10.6. The summed E-state index contributed by atoms with van der Waals surface area (Å²) in [5.74, 6) is 0.918. The van der Waals surface area contributed by atoms with Gasteiger partial charge in [0, 0.05) is 29.5 Å². The van der Waals surface area contributed by atoms with E-state index in [1.54, 1.807) is 11.8 Å². The quantitative estimate of drug-likeness (QED) is 0.792. The third-order valence-electron chi connectivity index (χ3n) is 2.79. The second-order valence-electron chi connectivity index (χ2n) is 4.15. The van der Waals surface area contributed by atoms with E-state index in [0.717, 1.165) is 18.2 Å². The Balaban J connectivity index is 2.10. The molecule has 0 fully saturated rings. The van der Waals surface area contributed by atoms with Crippen molar-refractivity contribution in [1.29, 1.82) is 0 Å². The Morgan fingerprint density at radius 1 is 1.39 bits per heavy atom. The van der Waals surface area contributed by atoms with E-state index in [4.69, 9.17) is 0 Å². The first-order valence-electron chi connectivity index (χ1n) is 6.25. The van der Waals surface area contributed by atoms with E-state index in [1.165, 1.54) is 17.7 Å². The second kappa shape index (κ2) is 6.50. The molecule has 0 amide bonds. The predicted octanol–water partition coefficient (Wildman–Crippen LogP) is 4.15. The van der Waals surface area contributed by atoms with Gasteiger partial charge in [-0.05, 0) is 30.9 Å². The minimum absolute atomic E-state index is 0.918. The molecular formula is C14H19N3S. The van der Waals surface area contributed by atoms with Gasteiger partial charge in [-0.2, -0.15) is 0 Å². The van der Waals surface area contributed by atoms with Crippen molar-refractivity contribution in [2.45, 2.75) is 31.2 Å². The number of aryl methyl sites for hydroxylation is 1. The second-order valence-corrected chi connectivity index (χ2v) is 5.03. The molecule has 1 aromatic heterocycles.